The van der Waals surface area contributed by atoms with Gasteiger partial charge in [0.1, 0.15) is 11.6 Å². The molecule has 23 heavy (non-hydrogen) atoms. The molecule has 0 aliphatic rings. The van der Waals surface area contributed by atoms with E-state index >= 15 is 0 Å². The molecule has 0 aliphatic carbocycles. The molecule has 4 nitrogen and oxygen atoms in total. The summed E-state index contributed by atoms with van der Waals surface area (Å²) in [7, 11) is 0. The van der Waals surface area contributed by atoms with E-state index < -0.39 is 11.8 Å². The van der Waals surface area contributed by atoms with Crippen LogP contribution in [-0.4, -0.2) is 24.5 Å². The molecule has 0 atom stereocenters. The minimum Gasteiger partial charge on any atom is -0.482 e. The van der Waals surface area contributed by atoms with E-state index in [0.29, 0.717) is 16.9 Å². The zero-order chi connectivity index (χ0) is 16.8. The minimum absolute atomic E-state index is 0.191. The van der Waals surface area contributed by atoms with Crippen molar-refractivity contribution in [1.29, 1.82) is 0 Å². The number of ketones is 1. The smallest absolute Gasteiger partial charge is 0.344 e. The van der Waals surface area contributed by atoms with Gasteiger partial charge in [0, 0.05) is 11.1 Å². The number of ether oxygens (including phenoxy) is 2. The van der Waals surface area contributed by atoms with Gasteiger partial charge >= 0.3 is 5.97 Å². The van der Waals surface area contributed by atoms with Crippen molar-refractivity contribution in [2.45, 2.75) is 20.0 Å². The standard InChI is InChI=1S/C18H17FO4/c1-12(2)23-17(20)11-22-16-9-5-14(6-10-16)18(21)13-3-7-15(19)8-4-13/h3-10,12H,11H2,1-2H3. The van der Waals surface area contributed by atoms with Gasteiger partial charge in [0.05, 0.1) is 6.10 Å². The van der Waals surface area contributed by atoms with E-state index in [1.807, 2.05) is 0 Å². The molecule has 0 aliphatic heterocycles. The highest BCUT2D eigenvalue weighted by atomic mass is 19.1. The third-order valence-electron chi connectivity index (χ3n) is 2.95. The van der Waals surface area contributed by atoms with E-state index in [4.69, 9.17) is 9.47 Å². The molecule has 0 radical (unpaired) electrons. The topological polar surface area (TPSA) is 52.6 Å². The summed E-state index contributed by atoms with van der Waals surface area (Å²) in [6.07, 6.45) is -0.193. The monoisotopic (exact) mass is 316 g/mol. The molecule has 0 spiro atoms. The zero-order valence-corrected chi connectivity index (χ0v) is 12.9. The highest BCUT2D eigenvalue weighted by Gasteiger charge is 2.10. The lowest BCUT2D eigenvalue weighted by molar-refractivity contribution is -0.149. The molecule has 0 saturated carbocycles. The van der Waals surface area contributed by atoms with Crippen molar-refractivity contribution in [3.8, 4) is 5.75 Å². The Morgan fingerprint density at radius 2 is 1.48 bits per heavy atom. The number of benzene rings is 2. The Morgan fingerprint density at radius 1 is 0.957 bits per heavy atom. The Balaban J connectivity index is 1.97. The highest BCUT2D eigenvalue weighted by molar-refractivity contribution is 6.08. The average molecular weight is 316 g/mol. The van der Waals surface area contributed by atoms with Gasteiger partial charge in [-0.1, -0.05) is 0 Å². The van der Waals surface area contributed by atoms with Crippen LogP contribution in [0.4, 0.5) is 4.39 Å². The molecule has 2 aromatic rings. The maximum absolute atomic E-state index is 12.9. The van der Waals surface area contributed by atoms with Crippen molar-refractivity contribution in [2.24, 2.45) is 0 Å². The fourth-order valence-electron chi connectivity index (χ4n) is 1.91. The molecule has 2 aromatic carbocycles. The number of esters is 1. The summed E-state index contributed by atoms with van der Waals surface area (Å²) in [6, 6.07) is 11.7. The summed E-state index contributed by atoms with van der Waals surface area (Å²) in [4.78, 5) is 23.6. The zero-order valence-electron chi connectivity index (χ0n) is 12.9. The molecule has 0 heterocycles. The van der Waals surface area contributed by atoms with Crippen LogP contribution in [0.3, 0.4) is 0 Å². The van der Waals surface area contributed by atoms with Crippen LogP contribution in [0.2, 0.25) is 0 Å². The summed E-state index contributed by atoms with van der Waals surface area (Å²) in [5.41, 5.74) is 0.856. The van der Waals surface area contributed by atoms with E-state index in [9.17, 15) is 14.0 Å². The fraction of sp³-hybridized carbons (Fsp3) is 0.222. The first kappa shape index (κ1) is 16.7. The van der Waals surface area contributed by atoms with Crippen molar-refractivity contribution in [3.63, 3.8) is 0 Å². The van der Waals surface area contributed by atoms with Crippen LogP contribution in [0.15, 0.2) is 48.5 Å². The van der Waals surface area contributed by atoms with Gasteiger partial charge < -0.3 is 9.47 Å². The summed E-state index contributed by atoms with van der Waals surface area (Å²) in [6.45, 7) is 3.32. The predicted octanol–water partition coefficient (Wildman–Crippen LogP) is 3.39. The van der Waals surface area contributed by atoms with Crippen molar-refractivity contribution in [2.75, 3.05) is 6.61 Å². The molecule has 120 valence electrons. The molecule has 0 saturated heterocycles. The molecule has 0 fully saturated rings. The maximum Gasteiger partial charge on any atom is 0.344 e. The predicted molar refractivity (Wildman–Crippen MR) is 83.0 cm³/mol. The van der Waals surface area contributed by atoms with Gasteiger partial charge in [0.2, 0.25) is 0 Å². The Morgan fingerprint density at radius 3 is 2.00 bits per heavy atom. The van der Waals surface area contributed by atoms with Crippen LogP contribution < -0.4 is 4.74 Å². The second-order valence-electron chi connectivity index (χ2n) is 5.19. The van der Waals surface area contributed by atoms with Crippen molar-refractivity contribution in [3.05, 3.63) is 65.5 Å². The second-order valence-corrected chi connectivity index (χ2v) is 5.19. The van der Waals surface area contributed by atoms with Crippen LogP contribution >= 0.6 is 0 Å². The third kappa shape index (κ3) is 4.92. The van der Waals surface area contributed by atoms with Gasteiger partial charge in [-0.05, 0) is 62.4 Å². The number of hydrogen-bond donors (Lipinski definition) is 0. The molecule has 0 aromatic heterocycles. The van der Waals surface area contributed by atoms with Gasteiger partial charge in [-0.15, -0.1) is 0 Å². The number of carbonyl (C=O) groups excluding carboxylic acids is 2. The fourth-order valence-corrected chi connectivity index (χ4v) is 1.91. The quantitative estimate of drug-likeness (QED) is 0.605. The lowest BCUT2D eigenvalue weighted by Gasteiger charge is -2.09. The summed E-state index contributed by atoms with van der Waals surface area (Å²) in [5.74, 6) is -0.595. The molecule has 0 N–H and O–H groups in total. The van der Waals surface area contributed by atoms with Crippen LogP contribution in [-0.2, 0) is 9.53 Å². The molecule has 5 heteroatoms. The molecule has 2 rings (SSSR count). The Labute approximate surface area is 133 Å². The second kappa shape index (κ2) is 7.54. The Hall–Kier alpha value is -2.69. The first-order valence-electron chi connectivity index (χ1n) is 7.18. The largest absolute Gasteiger partial charge is 0.482 e. The van der Waals surface area contributed by atoms with Crippen LogP contribution in [0.5, 0.6) is 5.75 Å². The van der Waals surface area contributed by atoms with Gasteiger partial charge in [-0.2, -0.15) is 0 Å². The first-order valence-corrected chi connectivity index (χ1v) is 7.18. The van der Waals surface area contributed by atoms with Crippen molar-refractivity contribution < 1.29 is 23.5 Å². The van der Waals surface area contributed by atoms with Crippen LogP contribution in [0.1, 0.15) is 29.8 Å². The van der Waals surface area contributed by atoms with E-state index in [2.05, 4.69) is 0 Å². The molecule has 0 unspecified atom stereocenters. The summed E-state index contributed by atoms with van der Waals surface area (Å²) < 4.78 is 23.1. The molecule has 0 bridgehead atoms. The number of hydrogen-bond acceptors (Lipinski definition) is 4. The van der Waals surface area contributed by atoms with Crippen LogP contribution in [0, 0.1) is 5.82 Å². The molecular formula is C18H17FO4. The maximum atomic E-state index is 12.9. The van der Waals surface area contributed by atoms with Gasteiger partial charge in [-0.25, -0.2) is 9.18 Å². The number of carbonyl (C=O) groups is 2. The Kier molecular flexibility index (Phi) is 5.46. The average Bonchev–Trinajstić information content (AvgIpc) is 2.53. The van der Waals surface area contributed by atoms with Crippen LogP contribution in [0.25, 0.3) is 0 Å². The van der Waals surface area contributed by atoms with Gasteiger partial charge in [-0.3, -0.25) is 4.79 Å². The minimum atomic E-state index is -0.452. The SMILES string of the molecule is CC(C)OC(=O)COc1ccc(C(=O)c2ccc(F)cc2)cc1. The van der Waals surface area contributed by atoms with Gasteiger partial charge in [0.25, 0.3) is 0 Å². The van der Waals surface area contributed by atoms with E-state index in [1.165, 1.54) is 24.3 Å². The lowest BCUT2D eigenvalue weighted by Crippen LogP contribution is -2.18. The van der Waals surface area contributed by atoms with E-state index in [-0.39, 0.29) is 18.5 Å². The highest BCUT2D eigenvalue weighted by Crippen LogP contribution is 2.16. The lowest BCUT2D eigenvalue weighted by atomic mass is 10.0. The third-order valence-corrected chi connectivity index (χ3v) is 2.95. The molecular weight excluding hydrogens is 299 g/mol. The first-order chi connectivity index (χ1) is 11.0. The van der Waals surface area contributed by atoms with Crippen molar-refractivity contribution >= 4 is 11.8 Å². The van der Waals surface area contributed by atoms with Gasteiger partial charge in [0.15, 0.2) is 12.4 Å². The van der Waals surface area contributed by atoms with E-state index in [1.54, 1.807) is 38.1 Å². The Bertz CT molecular complexity index is 675. The number of halogens is 1. The number of rotatable bonds is 6. The van der Waals surface area contributed by atoms with E-state index in [0.717, 1.165) is 0 Å². The summed E-state index contributed by atoms with van der Waals surface area (Å²) >= 11 is 0. The van der Waals surface area contributed by atoms with Crippen molar-refractivity contribution in [1.82, 2.24) is 0 Å². The summed E-state index contributed by atoms with van der Waals surface area (Å²) in [5, 5.41) is 0. The normalized spacial score (nSPS) is 10.4. The molecule has 0 amide bonds.